The van der Waals surface area contributed by atoms with Crippen LogP contribution in [0.1, 0.15) is 92.9 Å². The number of fused-ring (bicyclic) bond motifs is 4. The molecular formula is C41H61N3O7. The molecule has 10 heteroatoms. The molecule has 10 nitrogen and oxygen atoms in total. The highest BCUT2D eigenvalue weighted by atomic mass is 16.7. The Bertz CT molecular complexity index is 1500. The van der Waals surface area contributed by atoms with Gasteiger partial charge >= 0.3 is 6.01 Å². The Balaban J connectivity index is 0.950. The van der Waals surface area contributed by atoms with Gasteiger partial charge in [-0.1, -0.05) is 26.8 Å². The number of hydrogen-bond acceptors (Lipinski definition) is 10. The van der Waals surface area contributed by atoms with Crippen molar-refractivity contribution in [3.05, 3.63) is 30.1 Å². The molecule has 4 heterocycles. The predicted molar refractivity (Wildman–Crippen MR) is 190 cm³/mol. The van der Waals surface area contributed by atoms with Crippen LogP contribution in [0, 0.1) is 45.3 Å². The van der Waals surface area contributed by atoms with Crippen molar-refractivity contribution in [3.63, 3.8) is 0 Å². The van der Waals surface area contributed by atoms with Crippen molar-refractivity contribution >= 4 is 0 Å². The fraction of sp³-hybridized carbons (Fsp3) is 0.854. The number of morpholine rings is 1. The highest BCUT2D eigenvalue weighted by molar-refractivity contribution is 5.37. The standard InChI is InChI=1S/C41H61N3O7/c1-7-26-27-9-10-30-39(6)34(45)33-32(24(2)19-29(50-33)35(37(3,4)46)51-36-42-15-8-16-43-36)38(39,5)13-14-41(30)23-40(27,41)12-11-28(26)49-31-20-44(17-18-48-31)25-21-47-22-25/h7-8,15-16,24-25,27-35,45-46H,9-14,17-23H2,1-6H3/b26-7+/t24-,27+,28?,29?,30?,31+,32?,33?,34+,35?,38?,39-,40?,41?/m1/s1. The van der Waals surface area contributed by atoms with Crippen LogP contribution >= 0.6 is 0 Å². The van der Waals surface area contributed by atoms with Crippen molar-refractivity contribution in [1.29, 1.82) is 0 Å². The molecule has 0 amide bonds. The van der Waals surface area contributed by atoms with E-state index in [0.29, 0.717) is 29.2 Å². The molecule has 0 bridgehead atoms. The van der Waals surface area contributed by atoms with Gasteiger partial charge in [0.1, 0.15) is 0 Å². The van der Waals surface area contributed by atoms with Crippen LogP contribution in [0.4, 0.5) is 0 Å². The van der Waals surface area contributed by atoms with Gasteiger partial charge in [0.15, 0.2) is 12.4 Å². The van der Waals surface area contributed by atoms with E-state index in [4.69, 9.17) is 23.7 Å². The van der Waals surface area contributed by atoms with E-state index in [1.54, 1.807) is 32.3 Å². The molecule has 282 valence electrons. The number of aromatic nitrogens is 2. The molecule has 14 atom stereocenters. The molecule has 9 rings (SSSR count). The third-order valence-electron chi connectivity index (χ3n) is 16.5. The van der Waals surface area contributed by atoms with E-state index < -0.39 is 17.8 Å². The predicted octanol–water partition coefficient (Wildman–Crippen LogP) is 5.17. The number of nitrogens with zero attached hydrogens (tertiary/aromatic N) is 3. The molecular weight excluding hydrogens is 646 g/mol. The Kier molecular flexibility index (Phi) is 8.37. The maximum Gasteiger partial charge on any atom is 0.316 e. The van der Waals surface area contributed by atoms with Crippen molar-refractivity contribution < 1.29 is 33.9 Å². The van der Waals surface area contributed by atoms with E-state index in [1.807, 2.05) is 0 Å². The molecule has 0 radical (unpaired) electrons. The van der Waals surface area contributed by atoms with Gasteiger partial charge in [-0.15, -0.1) is 0 Å². The SMILES string of the molecule is C/C=C1/C(O[C@H]2CN(C3COC3)CCO2)CCC23CC24CCC2(C)C5C(OC(C(Oc6ncccn6)C(C)(C)O)C[C@H]5C)[C@H](O)[C@@]2(C)C4CC[C@@H]13. The first-order valence-electron chi connectivity index (χ1n) is 20.1. The van der Waals surface area contributed by atoms with E-state index in [0.717, 1.165) is 65.0 Å². The van der Waals surface area contributed by atoms with Crippen LogP contribution in [0.2, 0.25) is 0 Å². The van der Waals surface area contributed by atoms with Gasteiger partial charge in [-0.05, 0) is 124 Å². The van der Waals surface area contributed by atoms with E-state index in [-0.39, 0.29) is 52.8 Å². The van der Waals surface area contributed by atoms with Gasteiger partial charge in [0.25, 0.3) is 0 Å². The van der Waals surface area contributed by atoms with Crippen molar-refractivity contribution in [2.24, 2.45) is 45.3 Å². The molecule has 1 aromatic rings. The Labute approximate surface area is 304 Å². The molecule has 51 heavy (non-hydrogen) atoms. The van der Waals surface area contributed by atoms with Gasteiger partial charge < -0.3 is 33.9 Å². The summed E-state index contributed by atoms with van der Waals surface area (Å²) in [6, 6.07) is 2.49. The summed E-state index contributed by atoms with van der Waals surface area (Å²) in [6.07, 6.45) is 12.6. The molecule has 5 saturated carbocycles. The van der Waals surface area contributed by atoms with Crippen molar-refractivity contribution in [1.82, 2.24) is 14.9 Å². The first-order valence-corrected chi connectivity index (χ1v) is 20.1. The number of ether oxygens (including phenoxy) is 5. The van der Waals surface area contributed by atoms with Gasteiger partial charge in [-0.3, -0.25) is 4.90 Å². The van der Waals surface area contributed by atoms with Crippen LogP contribution in [0.3, 0.4) is 0 Å². The average Bonchev–Trinajstić information content (AvgIpc) is 3.71. The summed E-state index contributed by atoms with van der Waals surface area (Å²) in [5.74, 6) is 1.53. The zero-order valence-corrected chi connectivity index (χ0v) is 31.6. The second kappa shape index (κ2) is 12.2. The Morgan fingerprint density at radius 1 is 1.08 bits per heavy atom. The van der Waals surface area contributed by atoms with Crippen LogP contribution < -0.4 is 4.74 Å². The van der Waals surface area contributed by atoms with Gasteiger partial charge in [-0.2, -0.15) is 0 Å². The number of rotatable bonds is 7. The summed E-state index contributed by atoms with van der Waals surface area (Å²) in [5.41, 5.74) is 0.559. The largest absolute Gasteiger partial charge is 0.454 e. The molecule has 3 aliphatic heterocycles. The fourth-order valence-electron chi connectivity index (χ4n) is 14.0. The third kappa shape index (κ3) is 4.98. The van der Waals surface area contributed by atoms with Gasteiger partial charge in [0.2, 0.25) is 0 Å². The van der Waals surface area contributed by atoms with Gasteiger partial charge in [-0.25, -0.2) is 9.97 Å². The van der Waals surface area contributed by atoms with Crippen molar-refractivity contribution in [3.8, 4) is 6.01 Å². The Morgan fingerprint density at radius 3 is 2.57 bits per heavy atom. The quantitative estimate of drug-likeness (QED) is 0.368. The zero-order valence-electron chi connectivity index (χ0n) is 31.6. The van der Waals surface area contributed by atoms with Crippen LogP contribution in [0.5, 0.6) is 6.01 Å². The summed E-state index contributed by atoms with van der Waals surface area (Å²) in [7, 11) is 0. The maximum absolute atomic E-state index is 12.7. The molecule has 2 N–H and O–H groups in total. The minimum atomic E-state index is -1.19. The fourth-order valence-corrected chi connectivity index (χ4v) is 14.0. The average molecular weight is 708 g/mol. The van der Waals surface area contributed by atoms with Crippen LogP contribution in [0.15, 0.2) is 30.1 Å². The Morgan fingerprint density at radius 2 is 1.86 bits per heavy atom. The number of allylic oxidation sites excluding steroid dienone is 1. The summed E-state index contributed by atoms with van der Waals surface area (Å²) in [4.78, 5) is 11.1. The summed E-state index contributed by atoms with van der Waals surface area (Å²) >= 11 is 0. The molecule has 8 fully saturated rings. The molecule has 1 aromatic heterocycles. The monoisotopic (exact) mass is 707 g/mol. The van der Waals surface area contributed by atoms with E-state index >= 15 is 0 Å². The molecule has 2 spiro atoms. The smallest absolute Gasteiger partial charge is 0.316 e. The first kappa shape index (κ1) is 35.1. The van der Waals surface area contributed by atoms with Crippen LogP contribution in [0.25, 0.3) is 0 Å². The highest BCUT2D eigenvalue weighted by Gasteiger charge is 2.84. The molecule has 5 aliphatic carbocycles. The lowest BCUT2D eigenvalue weighted by molar-refractivity contribution is -0.220. The normalized spacial score (nSPS) is 49.5. The third-order valence-corrected chi connectivity index (χ3v) is 16.5. The van der Waals surface area contributed by atoms with Crippen LogP contribution in [-0.4, -0.2) is 106 Å². The lowest BCUT2D eigenvalue weighted by Gasteiger charge is -2.62. The first-order chi connectivity index (χ1) is 24.4. The summed E-state index contributed by atoms with van der Waals surface area (Å²) < 4.78 is 31.8. The lowest BCUT2D eigenvalue weighted by Crippen LogP contribution is -2.58. The number of aliphatic hydroxyl groups excluding tert-OH is 1. The molecule has 3 saturated heterocycles. The summed E-state index contributed by atoms with van der Waals surface area (Å²) in [6.45, 7) is 17.2. The topological polar surface area (TPSA) is 116 Å². The molecule has 8 aliphatic rings. The lowest BCUT2D eigenvalue weighted by atomic mass is 9.42. The second-order valence-electron chi connectivity index (χ2n) is 18.9. The number of aliphatic hydroxyl groups is 2. The zero-order chi connectivity index (χ0) is 35.6. The Hall–Kier alpha value is -1.66. The van der Waals surface area contributed by atoms with Crippen molar-refractivity contribution in [2.75, 3.05) is 32.9 Å². The van der Waals surface area contributed by atoms with E-state index in [1.165, 1.54) is 24.8 Å². The molecule has 0 aromatic carbocycles. The summed E-state index contributed by atoms with van der Waals surface area (Å²) in [5, 5.41) is 24.1. The maximum atomic E-state index is 12.7. The second-order valence-corrected chi connectivity index (χ2v) is 18.9. The van der Waals surface area contributed by atoms with Crippen molar-refractivity contribution in [2.45, 2.75) is 141 Å². The minimum absolute atomic E-state index is 0.0406. The van der Waals surface area contributed by atoms with E-state index in [9.17, 15) is 10.2 Å². The van der Waals surface area contributed by atoms with Gasteiger partial charge in [0, 0.05) is 24.4 Å². The number of hydrogen-bond donors (Lipinski definition) is 2. The van der Waals surface area contributed by atoms with E-state index in [2.05, 4.69) is 48.6 Å². The van der Waals surface area contributed by atoms with Gasteiger partial charge in [0.05, 0.1) is 62.4 Å². The molecule has 9 unspecified atom stereocenters. The highest BCUT2D eigenvalue weighted by Crippen LogP contribution is 2.88. The van der Waals surface area contributed by atoms with Crippen LogP contribution in [-0.2, 0) is 18.9 Å². The minimum Gasteiger partial charge on any atom is -0.454 e.